The molecule has 3 N–H and O–H groups in total. The van der Waals surface area contributed by atoms with Crippen LogP contribution in [0.5, 0.6) is 0 Å². The predicted octanol–water partition coefficient (Wildman–Crippen LogP) is 0.856. The zero-order chi connectivity index (χ0) is 15.4. The van der Waals surface area contributed by atoms with Crippen LogP contribution in [0.1, 0.15) is 22.8 Å². The molecule has 1 aromatic heterocycles. The highest BCUT2D eigenvalue weighted by atomic mass is 16.3. The average molecular weight is 287 g/mol. The summed E-state index contributed by atoms with van der Waals surface area (Å²) in [5.41, 5.74) is 1.84. The fourth-order valence-corrected chi connectivity index (χ4v) is 1.78. The fourth-order valence-electron chi connectivity index (χ4n) is 1.78. The van der Waals surface area contributed by atoms with Crippen molar-refractivity contribution < 1.29 is 9.90 Å². The molecular weight excluding hydrogens is 270 g/mol. The Balaban J connectivity index is 2.31. The van der Waals surface area contributed by atoms with E-state index in [0.29, 0.717) is 5.69 Å². The lowest BCUT2D eigenvalue weighted by molar-refractivity contribution is 0.0922. The van der Waals surface area contributed by atoms with Crippen LogP contribution in [0.25, 0.3) is 11.3 Å². The van der Waals surface area contributed by atoms with Gasteiger partial charge in [-0.3, -0.25) is 9.59 Å². The lowest BCUT2D eigenvalue weighted by Gasteiger charge is -2.07. The smallest absolute Gasteiger partial charge is 0.277 e. The van der Waals surface area contributed by atoms with Crippen LogP contribution in [0.4, 0.5) is 0 Å². The van der Waals surface area contributed by atoms with Crippen molar-refractivity contribution in [1.29, 1.82) is 0 Å². The van der Waals surface area contributed by atoms with E-state index in [1.54, 1.807) is 6.92 Å². The first kappa shape index (κ1) is 14.9. The van der Waals surface area contributed by atoms with Gasteiger partial charge in [0.25, 0.3) is 11.5 Å². The van der Waals surface area contributed by atoms with Crippen LogP contribution >= 0.6 is 0 Å². The Hall–Kier alpha value is -2.47. The minimum Gasteiger partial charge on any atom is -0.392 e. The molecule has 6 nitrogen and oxygen atoms in total. The Labute approximate surface area is 121 Å². The number of carbonyl (C=O) groups is 1. The van der Waals surface area contributed by atoms with Crippen LogP contribution in [0.3, 0.4) is 0 Å². The molecule has 2 rings (SSSR count). The van der Waals surface area contributed by atoms with Gasteiger partial charge in [0.15, 0.2) is 0 Å². The summed E-state index contributed by atoms with van der Waals surface area (Å²) in [6.45, 7) is 3.61. The normalized spacial score (nSPS) is 12.0. The number of aromatic amines is 1. The topological polar surface area (TPSA) is 95.1 Å². The van der Waals surface area contributed by atoms with E-state index < -0.39 is 17.6 Å². The molecule has 0 aliphatic rings. The third kappa shape index (κ3) is 3.76. The molecule has 1 amide bonds. The number of rotatable bonds is 4. The molecule has 0 radical (unpaired) electrons. The first-order valence-electron chi connectivity index (χ1n) is 6.60. The Morgan fingerprint density at radius 2 is 2.05 bits per heavy atom. The molecule has 0 bridgehead atoms. The van der Waals surface area contributed by atoms with E-state index in [2.05, 4.69) is 15.5 Å². The van der Waals surface area contributed by atoms with E-state index >= 15 is 0 Å². The number of hydrogen-bond donors (Lipinski definition) is 3. The third-order valence-corrected chi connectivity index (χ3v) is 2.95. The van der Waals surface area contributed by atoms with Gasteiger partial charge < -0.3 is 10.4 Å². The van der Waals surface area contributed by atoms with Crippen molar-refractivity contribution in [2.24, 2.45) is 0 Å². The van der Waals surface area contributed by atoms with Crippen LogP contribution in [0.15, 0.2) is 35.1 Å². The van der Waals surface area contributed by atoms with Crippen molar-refractivity contribution >= 4 is 5.91 Å². The number of carbonyl (C=O) groups excluding carboxylic acids is 1. The number of amides is 1. The SMILES string of the molecule is Cc1ccc(-c2cc(C(=O)NCC(C)O)c(=O)[nH]n2)cc1. The average Bonchev–Trinajstić information content (AvgIpc) is 2.46. The maximum atomic E-state index is 11.9. The van der Waals surface area contributed by atoms with Gasteiger partial charge in [-0.1, -0.05) is 29.8 Å². The zero-order valence-electron chi connectivity index (χ0n) is 11.9. The number of aromatic nitrogens is 2. The summed E-state index contributed by atoms with van der Waals surface area (Å²) in [5.74, 6) is -0.534. The van der Waals surface area contributed by atoms with Crippen molar-refractivity contribution in [2.45, 2.75) is 20.0 Å². The molecule has 2 aromatic rings. The highest BCUT2D eigenvalue weighted by molar-refractivity contribution is 5.94. The summed E-state index contributed by atoms with van der Waals surface area (Å²) in [6.07, 6.45) is -0.675. The van der Waals surface area contributed by atoms with Crippen molar-refractivity contribution in [3.8, 4) is 11.3 Å². The highest BCUT2D eigenvalue weighted by Gasteiger charge is 2.13. The van der Waals surface area contributed by atoms with Crippen LogP contribution in [0, 0.1) is 6.92 Å². The molecule has 0 saturated carbocycles. The molecule has 1 atom stereocenters. The minimum absolute atomic E-state index is 0.0266. The van der Waals surface area contributed by atoms with Crippen LogP contribution in [-0.4, -0.2) is 33.9 Å². The van der Waals surface area contributed by atoms with Gasteiger partial charge in [0.2, 0.25) is 0 Å². The highest BCUT2D eigenvalue weighted by Crippen LogP contribution is 2.16. The second-order valence-electron chi connectivity index (χ2n) is 4.92. The molecule has 1 unspecified atom stereocenters. The van der Waals surface area contributed by atoms with E-state index in [0.717, 1.165) is 11.1 Å². The van der Waals surface area contributed by atoms with Gasteiger partial charge in [0.1, 0.15) is 5.56 Å². The lowest BCUT2D eigenvalue weighted by atomic mass is 10.1. The van der Waals surface area contributed by atoms with Crippen molar-refractivity contribution in [3.63, 3.8) is 0 Å². The number of nitrogens with one attached hydrogen (secondary N) is 2. The van der Waals surface area contributed by atoms with Crippen molar-refractivity contribution in [2.75, 3.05) is 6.54 Å². The molecule has 6 heteroatoms. The molecule has 0 saturated heterocycles. The van der Waals surface area contributed by atoms with Gasteiger partial charge in [0.05, 0.1) is 11.8 Å². The molecule has 110 valence electrons. The Kier molecular flexibility index (Phi) is 4.49. The van der Waals surface area contributed by atoms with Crippen LogP contribution < -0.4 is 10.9 Å². The molecule has 0 aliphatic carbocycles. The van der Waals surface area contributed by atoms with Crippen LogP contribution in [-0.2, 0) is 0 Å². The molecule has 0 aliphatic heterocycles. The summed E-state index contributed by atoms with van der Waals surface area (Å²) in [5, 5.41) is 17.9. The first-order valence-corrected chi connectivity index (χ1v) is 6.60. The number of hydrogen-bond acceptors (Lipinski definition) is 4. The number of aliphatic hydroxyl groups is 1. The van der Waals surface area contributed by atoms with E-state index in [1.165, 1.54) is 6.07 Å². The predicted molar refractivity (Wildman–Crippen MR) is 79.0 cm³/mol. The Morgan fingerprint density at radius 1 is 1.38 bits per heavy atom. The van der Waals surface area contributed by atoms with Gasteiger partial charge in [-0.05, 0) is 19.9 Å². The number of nitrogens with zero attached hydrogens (tertiary/aromatic N) is 1. The van der Waals surface area contributed by atoms with Gasteiger partial charge >= 0.3 is 0 Å². The molecule has 1 heterocycles. The van der Waals surface area contributed by atoms with Gasteiger partial charge in [-0.15, -0.1) is 0 Å². The molecule has 0 fully saturated rings. The van der Waals surface area contributed by atoms with Crippen molar-refractivity contribution in [3.05, 3.63) is 51.8 Å². The zero-order valence-corrected chi connectivity index (χ0v) is 11.9. The number of H-pyrrole nitrogens is 1. The second kappa shape index (κ2) is 6.32. The van der Waals surface area contributed by atoms with Gasteiger partial charge in [-0.2, -0.15) is 5.10 Å². The largest absolute Gasteiger partial charge is 0.392 e. The summed E-state index contributed by atoms with van der Waals surface area (Å²) in [7, 11) is 0. The number of aryl methyl sites for hydroxylation is 1. The maximum absolute atomic E-state index is 11.9. The summed E-state index contributed by atoms with van der Waals surface area (Å²) < 4.78 is 0. The molecule has 1 aromatic carbocycles. The second-order valence-corrected chi connectivity index (χ2v) is 4.92. The maximum Gasteiger partial charge on any atom is 0.277 e. The summed E-state index contributed by atoms with van der Waals surface area (Å²) in [4.78, 5) is 23.6. The van der Waals surface area contributed by atoms with Gasteiger partial charge in [0, 0.05) is 12.1 Å². The van der Waals surface area contributed by atoms with Crippen molar-refractivity contribution in [1.82, 2.24) is 15.5 Å². The summed E-state index contributed by atoms with van der Waals surface area (Å²) in [6, 6.07) is 9.03. The lowest BCUT2D eigenvalue weighted by Crippen LogP contribution is -2.34. The van der Waals surface area contributed by atoms with E-state index in [4.69, 9.17) is 5.11 Å². The van der Waals surface area contributed by atoms with E-state index in [1.807, 2.05) is 31.2 Å². The minimum atomic E-state index is -0.675. The molecule has 21 heavy (non-hydrogen) atoms. The van der Waals surface area contributed by atoms with E-state index in [9.17, 15) is 9.59 Å². The molecular formula is C15H17N3O3. The molecule has 0 spiro atoms. The Bertz CT molecular complexity index is 690. The van der Waals surface area contributed by atoms with E-state index in [-0.39, 0.29) is 12.1 Å². The monoisotopic (exact) mass is 287 g/mol. The standard InChI is InChI=1S/C15H17N3O3/c1-9-3-5-11(6-4-9)13-7-12(15(21)18-17-13)14(20)16-8-10(2)19/h3-7,10,19H,8H2,1-2H3,(H,16,20)(H,18,21). The summed E-state index contributed by atoms with van der Waals surface area (Å²) >= 11 is 0. The fraction of sp³-hybridized carbons (Fsp3) is 0.267. The number of aliphatic hydroxyl groups excluding tert-OH is 1. The van der Waals surface area contributed by atoms with Crippen LogP contribution in [0.2, 0.25) is 0 Å². The van der Waals surface area contributed by atoms with Gasteiger partial charge in [-0.25, -0.2) is 5.10 Å². The first-order chi connectivity index (χ1) is 9.97. The Morgan fingerprint density at radius 3 is 2.67 bits per heavy atom. The third-order valence-electron chi connectivity index (χ3n) is 2.95. The number of benzene rings is 1. The quantitative estimate of drug-likeness (QED) is 0.777.